The minimum Gasteiger partial charge on any atom is -0.389 e. The highest BCUT2D eigenvalue weighted by Crippen LogP contribution is 2.65. The lowest BCUT2D eigenvalue weighted by Gasteiger charge is -2.57. The molecular weight excluding hydrogens is 272 g/mol. The molecule has 0 unspecified atom stereocenters. The third-order valence-corrected chi connectivity index (χ3v) is 8.67. The number of hydrogen-bond donors (Lipinski definition) is 1. The van der Waals surface area contributed by atoms with Crippen molar-refractivity contribution in [3.8, 4) is 0 Å². The topological polar surface area (TPSA) is 37.3 Å². The number of carbonyl (C=O) groups is 1. The Kier molecular flexibility index (Phi) is 3.49. The number of Topliss-reactive ketones (excluding diaryl/α,β-unsaturated/α-hetero) is 1. The maximum Gasteiger partial charge on any atom is 0.133 e. The van der Waals surface area contributed by atoms with Crippen LogP contribution in [0.5, 0.6) is 0 Å². The average molecular weight is 304 g/mol. The highest BCUT2D eigenvalue weighted by Gasteiger charge is 2.61. The molecule has 4 fully saturated rings. The van der Waals surface area contributed by atoms with Gasteiger partial charge in [0.1, 0.15) is 5.78 Å². The fourth-order valence-corrected chi connectivity index (χ4v) is 7.35. The van der Waals surface area contributed by atoms with Crippen LogP contribution in [0, 0.1) is 35.0 Å². The van der Waals surface area contributed by atoms with E-state index in [0.717, 1.165) is 55.8 Å². The molecule has 0 amide bonds. The first kappa shape index (κ1) is 15.2. The minimum atomic E-state index is -0.415. The molecule has 1 N–H and O–H groups in total. The Morgan fingerprint density at radius 2 is 1.86 bits per heavy atom. The quantitative estimate of drug-likeness (QED) is 0.782. The number of carbonyl (C=O) groups excluding carboxylic acids is 1. The van der Waals surface area contributed by atoms with Crippen molar-refractivity contribution in [1.29, 1.82) is 0 Å². The van der Waals surface area contributed by atoms with E-state index in [-0.39, 0.29) is 5.41 Å². The van der Waals surface area contributed by atoms with E-state index in [2.05, 4.69) is 13.8 Å². The Morgan fingerprint density at radius 3 is 2.64 bits per heavy atom. The Hall–Kier alpha value is -0.370. The zero-order valence-electron chi connectivity index (χ0n) is 14.3. The van der Waals surface area contributed by atoms with Gasteiger partial charge in [-0.05, 0) is 86.4 Å². The van der Waals surface area contributed by atoms with Gasteiger partial charge in [0, 0.05) is 12.8 Å². The van der Waals surface area contributed by atoms with Gasteiger partial charge in [0.05, 0.1) is 5.60 Å². The first-order valence-electron chi connectivity index (χ1n) is 9.72. The van der Waals surface area contributed by atoms with Gasteiger partial charge in [0.25, 0.3) is 0 Å². The van der Waals surface area contributed by atoms with Gasteiger partial charge in [-0.1, -0.05) is 13.8 Å². The van der Waals surface area contributed by atoms with Gasteiger partial charge >= 0.3 is 0 Å². The predicted molar refractivity (Wildman–Crippen MR) is 87.4 cm³/mol. The van der Waals surface area contributed by atoms with Crippen molar-refractivity contribution in [3.05, 3.63) is 0 Å². The van der Waals surface area contributed by atoms with Gasteiger partial charge in [0.2, 0.25) is 0 Å². The lowest BCUT2D eigenvalue weighted by molar-refractivity contribution is -0.138. The largest absolute Gasteiger partial charge is 0.389 e. The Balaban J connectivity index is 1.59. The molecule has 4 aliphatic carbocycles. The Labute approximate surface area is 135 Å². The van der Waals surface area contributed by atoms with E-state index in [1.54, 1.807) is 0 Å². The summed E-state index contributed by atoms with van der Waals surface area (Å²) in [7, 11) is 0. The first-order valence-corrected chi connectivity index (χ1v) is 9.72. The van der Waals surface area contributed by atoms with E-state index < -0.39 is 5.60 Å². The maximum absolute atomic E-state index is 11.8. The predicted octanol–water partition coefficient (Wildman–Crippen LogP) is 4.35. The molecule has 4 aliphatic rings. The third kappa shape index (κ3) is 1.92. The van der Waals surface area contributed by atoms with Crippen LogP contribution in [0.4, 0.5) is 0 Å². The minimum absolute atomic E-state index is 0.153. The van der Waals surface area contributed by atoms with Crippen LogP contribution in [0.15, 0.2) is 0 Å². The SMILES string of the molecule is CC[C@]1(O)CC[C@@H]2[C@@H]3CC[C@H]4CC(=O)CC[C@@H]4[C@@H]3CC[C@@]21C. The summed E-state index contributed by atoms with van der Waals surface area (Å²) >= 11 is 0. The monoisotopic (exact) mass is 304 g/mol. The molecule has 0 aliphatic heterocycles. The zero-order chi connectivity index (χ0) is 15.5. The van der Waals surface area contributed by atoms with Crippen molar-refractivity contribution < 1.29 is 9.90 Å². The summed E-state index contributed by atoms with van der Waals surface area (Å²) in [5.74, 6) is 4.43. The lowest BCUT2D eigenvalue weighted by atomic mass is 9.49. The average Bonchev–Trinajstić information content (AvgIpc) is 2.79. The second-order valence-electron chi connectivity index (χ2n) is 9.10. The molecule has 0 spiro atoms. The van der Waals surface area contributed by atoms with Crippen molar-refractivity contribution in [3.63, 3.8) is 0 Å². The molecular formula is C20H32O2. The molecule has 0 aromatic carbocycles. The number of hydrogen-bond acceptors (Lipinski definition) is 2. The van der Waals surface area contributed by atoms with Crippen LogP contribution in [0.3, 0.4) is 0 Å². The summed E-state index contributed by atoms with van der Waals surface area (Å²) in [6, 6.07) is 0. The molecule has 4 saturated carbocycles. The molecule has 0 saturated heterocycles. The van der Waals surface area contributed by atoms with Crippen LogP contribution in [-0.2, 0) is 4.79 Å². The van der Waals surface area contributed by atoms with E-state index >= 15 is 0 Å². The van der Waals surface area contributed by atoms with Crippen LogP contribution in [-0.4, -0.2) is 16.5 Å². The van der Waals surface area contributed by atoms with Gasteiger partial charge in [-0.25, -0.2) is 0 Å². The number of rotatable bonds is 1. The van der Waals surface area contributed by atoms with E-state index in [1.807, 2.05) is 0 Å². The highest BCUT2D eigenvalue weighted by molar-refractivity contribution is 5.79. The standard InChI is InChI=1S/C20H32O2/c1-3-20(22)11-9-18-17-6-4-13-12-14(21)5-7-15(13)16(17)8-10-19(18,20)2/h13,15-18,22H,3-12H2,1-2H3/t13-,15-,16-,17+,18+,19-,20-/m0/s1. The highest BCUT2D eigenvalue weighted by atomic mass is 16.3. The lowest BCUT2D eigenvalue weighted by Crippen LogP contribution is -2.53. The van der Waals surface area contributed by atoms with Crippen molar-refractivity contribution in [2.75, 3.05) is 0 Å². The van der Waals surface area contributed by atoms with Crippen LogP contribution in [0.1, 0.15) is 78.1 Å². The molecule has 2 nitrogen and oxygen atoms in total. The molecule has 22 heavy (non-hydrogen) atoms. The zero-order valence-corrected chi connectivity index (χ0v) is 14.3. The summed E-state index contributed by atoms with van der Waals surface area (Å²) in [4.78, 5) is 11.8. The van der Waals surface area contributed by atoms with Gasteiger partial charge in [-0.2, -0.15) is 0 Å². The van der Waals surface area contributed by atoms with Gasteiger partial charge in [-0.15, -0.1) is 0 Å². The summed E-state index contributed by atoms with van der Waals surface area (Å²) in [5.41, 5.74) is -0.262. The molecule has 124 valence electrons. The number of ketones is 1. The summed E-state index contributed by atoms with van der Waals surface area (Å²) < 4.78 is 0. The maximum atomic E-state index is 11.8. The van der Waals surface area contributed by atoms with Gasteiger partial charge in [-0.3, -0.25) is 4.79 Å². The molecule has 7 atom stereocenters. The molecule has 4 rings (SSSR count). The summed E-state index contributed by atoms with van der Waals surface area (Å²) in [5, 5.41) is 11.2. The smallest absolute Gasteiger partial charge is 0.133 e. The van der Waals surface area contributed by atoms with Crippen molar-refractivity contribution >= 4 is 5.78 Å². The molecule has 2 heteroatoms. The molecule has 0 aromatic rings. The van der Waals surface area contributed by atoms with Gasteiger partial charge < -0.3 is 5.11 Å². The second-order valence-corrected chi connectivity index (χ2v) is 9.10. The second kappa shape index (κ2) is 5.06. The summed E-state index contributed by atoms with van der Waals surface area (Å²) in [6.45, 7) is 4.56. The fraction of sp³-hybridized carbons (Fsp3) is 0.950. The number of fused-ring (bicyclic) bond motifs is 5. The van der Waals surface area contributed by atoms with E-state index in [0.29, 0.717) is 11.7 Å². The molecule has 0 aromatic heterocycles. The first-order chi connectivity index (χ1) is 10.5. The fourth-order valence-electron chi connectivity index (χ4n) is 7.35. The van der Waals surface area contributed by atoms with Crippen molar-refractivity contribution in [1.82, 2.24) is 0 Å². The molecule has 0 radical (unpaired) electrons. The number of aliphatic hydroxyl groups is 1. The molecule has 0 heterocycles. The van der Waals surface area contributed by atoms with Crippen LogP contribution >= 0.6 is 0 Å². The van der Waals surface area contributed by atoms with Crippen LogP contribution in [0.25, 0.3) is 0 Å². The summed E-state index contributed by atoms with van der Waals surface area (Å²) in [6.07, 6.45) is 11.1. The Morgan fingerprint density at radius 1 is 1.05 bits per heavy atom. The normalized spacial score (nSPS) is 54.5. The van der Waals surface area contributed by atoms with E-state index in [1.165, 1.54) is 32.1 Å². The van der Waals surface area contributed by atoms with Gasteiger partial charge in [0.15, 0.2) is 0 Å². The Bertz CT molecular complexity index is 472. The van der Waals surface area contributed by atoms with E-state index in [9.17, 15) is 9.90 Å². The van der Waals surface area contributed by atoms with Crippen LogP contribution in [0.2, 0.25) is 0 Å². The van der Waals surface area contributed by atoms with Crippen LogP contribution < -0.4 is 0 Å². The van der Waals surface area contributed by atoms with Crippen molar-refractivity contribution in [2.24, 2.45) is 35.0 Å². The third-order valence-electron chi connectivity index (χ3n) is 8.67. The van der Waals surface area contributed by atoms with Crippen molar-refractivity contribution in [2.45, 2.75) is 83.7 Å². The molecule has 0 bridgehead atoms. The van der Waals surface area contributed by atoms with E-state index in [4.69, 9.17) is 0 Å².